The van der Waals surface area contributed by atoms with Crippen LogP contribution in [0.2, 0.25) is 0 Å². The predicted octanol–water partition coefficient (Wildman–Crippen LogP) is 3.33. The van der Waals surface area contributed by atoms with Crippen molar-refractivity contribution in [2.45, 2.75) is 6.92 Å². The van der Waals surface area contributed by atoms with Gasteiger partial charge in [-0.25, -0.2) is 0 Å². The minimum absolute atomic E-state index is 1.02. The maximum Gasteiger partial charge on any atom is 0.0988 e. The average molecular weight is 258 g/mol. The number of fused-ring (bicyclic) bond motifs is 6. The summed E-state index contributed by atoms with van der Waals surface area (Å²) in [5, 5.41) is 3.50. The van der Waals surface area contributed by atoms with Crippen LogP contribution in [0.15, 0.2) is 43.0 Å². The highest BCUT2D eigenvalue weighted by molar-refractivity contribution is 6.21. The quantitative estimate of drug-likeness (QED) is 0.428. The van der Waals surface area contributed by atoms with Crippen molar-refractivity contribution in [1.82, 2.24) is 19.4 Å². The zero-order valence-electron chi connectivity index (χ0n) is 10.8. The molecule has 4 nitrogen and oxygen atoms in total. The number of nitrogens with zero attached hydrogens (tertiary/aromatic N) is 4. The first kappa shape index (κ1) is 10.1. The van der Waals surface area contributed by atoms with Gasteiger partial charge in [0.05, 0.1) is 22.1 Å². The second-order valence-electron chi connectivity index (χ2n) is 5.13. The zero-order valence-corrected chi connectivity index (χ0v) is 10.8. The molecule has 0 aromatic carbocycles. The molecule has 0 amide bonds. The Labute approximate surface area is 114 Å². The normalized spacial score (nSPS) is 12.2. The monoisotopic (exact) mass is 258 g/mol. The fourth-order valence-electron chi connectivity index (χ4n) is 3.21. The third-order valence-corrected chi connectivity index (χ3v) is 3.97. The Balaban J connectivity index is 2.30. The van der Waals surface area contributed by atoms with E-state index in [1.54, 1.807) is 0 Å². The van der Waals surface area contributed by atoms with Crippen molar-refractivity contribution in [3.05, 3.63) is 48.7 Å². The molecule has 5 heterocycles. The summed E-state index contributed by atoms with van der Waals surface area (Å²) in [6.45, 7) is 2.03. The van der Waals surface area contributed by atoms with Crippen LogP contribution in [-0.2, 0) is 0 Å². The number of pyridine rings is 3. The van der Waals surface area contributed by atoms with Gasteiger partial charge < -0.3 is 4.40 Å². The Morgan fingerprint density at radius 2 is 1.60 bits per heavy atom. The van der Waals surface area contributed by atoms with Crippen molar-refractivity contribution < 1.29 is 0 Å². The van der Waals surface area contributed by atoms with Gasteiger partial charge in [-0.05, 0) is 25.1 Å². The number of rotatable bonds is 0. The molecule has 5 aromatic heterocycles. The first-order valence-electron chi connectivity index (χ1n) is 6.55. The van der Waals surface area contributed by atoms with Crippen LogP contribution in [0.25, 0.3) is 38.2 Å². The number of hydrogen-bond acceptors (Lipinski definition) is 3. The second-order valence-corrected chi connectivity index (χ2v) is 5.13. The Hall–Kier alpha value is -2.75. The van der Waals surface area contributed by atoms with Crippen molar-refractivity contribution in [2.24, 2.45) is 0 Å². The minimum atomic E-state index is 1.02. The van der Waals surface area contributed by atoms with Gasteiger partial charge in [0.1, 0.15) is 0 Å². The summed E-state index contributed by atoms with van der Waals surface area (Å²) in [5.74, 6) is 0. The molecule has 20 heavy (non-hydrogen) atoms. The molecule has 0 saturated heterocycles. The average Bonchev–Trinajstić information content (AvgIpc) is 2.98. The lowest BCUT2D eigenvalue weighted by Gasteiger charge is -1.96. The van der Waals surface area contributed by atoms with E-state index in [1.165, 1.54) is 21.8 Å². The highest BCUT2D eigenvalue weighted by Crippen LogP contribution is 2.37. The van der Waals surface area contributed by atoms with Gasteiger partial charge in [-0.15, -0.1) is 0 Å². The molecule has 5 rings (SSSR count). The van der Waals surface area contributed by atoms with E-state index in [-0.39, 0.29) is 0 Å². The molecule has 0 bridgehead atoms. The van der Waals surface area contributed by atoms with E-state index in [1.807, 2.05) is 37.8 Å². The van der Waals surface area contributed by atoms with Gasteiger partial charge in [0.15, 0.2) is 0 Å². The number of aromatic nitrogens is 4. The van der Waals surface area contributed by atoms with Crippen molar-refractivity contribution >= 4 is 38.2 Å². The van der Waals surface area contributed by atoms with Crippen molar-refractivity contribution in [1.29, 1.82) is 0 Å². The highest BCUT2D eigenvalue weighted by atomic mass is 14.9. The SMILES string of the molecule is Cc1cc2c3cnccc3n3c4ccncc4c(n1)c23. The maximum atomic E-state index is 4.73. The lowest BCUT2D eigenvalue weighted by Crippen LogP contribution is -1.81. The molecule has 0 aliphatic carbocycles. The van der Waals surface area contributed by atoms with Crippen LogP contribution in [0.1, 0.15) is 5.69 Å². The van der Waals surface area contributed by atoms with Crippen LogP contribution >= 0.6 is 0 Å². The first-order valence-corrected chi connectivity index (χ1v) is 6.55. The zero-order chi connectivity index (χ0) is 13.3. The fraction of sp³-hybridized carbons (Fsp3) is 0.0625. The van der Waals surface area contributed by atoms with Crippen LogP contribution in [-0.4, -0.2) is 19.4 Å². The van der Waals surface area contributed by atoms with Crippen molar-refractivity contribution in [3.8, 4) is 0 Å². The van der Waals surface area contributed by atoms with Gasteiger partial charge in [0, 0.05) is 46.6 Å². The summed E-state index contributed by atoms with van der Waals surface area (Å²) in [6.07, 6.45) is 7.50. The molecular weight excluding hydrogens is 248 g/mol. The largest absolute Gasteiger partial charge is 0.306 e. The van der Waals surface area contributed by atoms with Crippen molar-refractivity contribution in [2.75, 3.05) is 0 Å². The van der Waals surface area contributed by atoms with Crippen LogP contribution < -0.4 is 0 Å². The van der Waals surface area contributed by atoms with E-state index in [2.05, 4.69) is 26.5 Å². The molecule has 0 N–H and O–H groups in total. The highest BCUT2D eigenvalue weighted by Gasteiger charge is 2.18. The van der Waals surface area contributed by atoms with E-state index in [9.17, 15) is 0 Å². The van der Waals surface area contributed by atoms with Crippen molar-refractivity contribution in [3.63, 3.8) is 0 Å². The van der Waals surface area contributed by atoms with Crippen LogP contribution in [0, 0.1) is 6.92 Å². The van der Waals surface area contributed by atoms with E-state index < -0.39 is 0 Å². The summed E-state index contributed by atoms with van der Waals surface area (Å²) in [7, 11) is 0. The summed E-state index contributed by atoms with van der Waals surface area (Å²) >= 11 is 0. The molecule has 0 unspecified atom stereocenters. The second kappa shape index (κ2) is 3.22. The molecule has 0 saturated carbocycles. The number of aryl methyl sites for hydroxylation is 1. The van der Waals surface area contributed by atoms with Gasteiger partial charge in [-0.1, -0.05) is 0 Å². The third-order valence-electron chi connectivity index (χ3n) is 3.97. The first-order chi connectivity index (χ1) is 9.84. The van der Waals surface area contributed by atoms with Gasteiger partial charge in [0.25, 0.3) is 0 Å². The maximum absolute atomic E-state index is 4.73. The predicted molar refractivity (Wildman–Crippen MR) is 79.2 cm³/mol. The topological polar surface area (TPSA) is 43.1 Å². The van der Waals surface area contributed by atoms with Crippen LogP contribution in [0.4, 0.5) is 0 Å². The molecule has 0 fully saturated rings. The lowest BCUT2D eigenvalue weighted by atomic mass is 10.1. The number of hydrogen-bond donors (Lipinski definition) is 0. The van der Waals surface area contributed by atoms with E-state index in [4.69, 9.17) is 4.98 Å². The molecule has 0 aliphatic heterocycles. The van der Waals surface area contributed by atoms with E-state index in [0.29, 0.717) is 0 Å². The summed E-state index contributed by atoms with van der Waals surface area (Å²) in [6, 6.07) is 6.24. The fourth-order valence-corrected chi connectivity index (χ4v) is 3.21. The molecule has 0 aliphatic rings. The van der Waals surface area contributed by atoms with Gasteiger partial charge >= 0.3 is 0 Å². The van der Waals surface area contributed by atoms with Crippen LogP contribution in [0.5, 0.6) is 0 Å². The molecule has 0 atom stereocenters. The molecule has 94 valence electrons. The Kier molecular flexibility index (Phi) is 1.62. The summed E-state index contributed by atoms with van der Waals surface area (Å²) in [5.41, 5.74) is 5.54. The third kappa shape index (κ3) is 1.01. The molecule has 4 heteroatoms. The van der Waals surface area contributed by atoms with E-state index in [0.717, 1.165) is 22.1 Å². The summed E-state index contributed by atoms with van der Waals surface area (Å²) < 4.78 is 2.27. The molecular formula is C16H10N4. The smallest absolute Gasteiger partial charge is 0.0988 e. The Morgan fingerprint density at radius 3 is 2.40 bits per heavy atom. The Bertz CT molecular complexity index is 1020. The molecule has 0 spiro atoms. The molecule has 0 radical (unpaired) electrons. The van der Waals surface area contributed by atoms with Gasteiger partial charge in [-0.2, -0.15) is 0 Å². The van der Waals surface area contributed by atoms with Gasteiger partial charge in [0.2, 0.25) is 0 Å². The standard InChI is InChI=1S/C16H10N4/c1-9-6-10-11-7-17-4-2-13(11)20-14-3-5-18-8-12(14)15(19-9)16(10)20/h2-8H,1H3. The Morgan fingerprint density at radius 1 is 0.900 bits per heavy atom. The van der Waals surface area contributed by atoms with E-state index >= 15 is 0 Å². The lowest BCUT2D eigenvalue weighted by molar-refractivity contribution is 1.27. The summed E-state index contributed by atoms with van der Waals surface area (Å²) in [4.78, 5) is 13.2. The van der Waals surface area contributed by atoms with Crippen LogP contribution in [0.3, 0.4) is 0 Å². The molecule has 5 aromatic rings. The minimum Gasteiger partial charge on any atom is -0.306 e. The van der Waals surface area contributed by atoms with Gasteiger partial charge in [-0.3, -0.25) is 15.0 Å².